The molecule has 0 atom stereocenters. The third kappa shape index (κ3) is 2.87. The lowest BCUT2D eigenvalue weighted by Crippen LogP contribution is -2.30. The number of nitrogens with two attached hydrogens (primary N) is 1. The quantitative estimate of drug-likeness (QED) is 0.801. The van der Waals surface area contributed by atoms with E-state index in [2.05, 4.69) is 0 Å². The summed E-state index contributed by atoms with van der Waals surface area (Å²) in [5.41, 5.74) is 0.495. The van der Waals surface area contributed by atoms with Crippen LogP contribution in [0.5, 0.6) is 0 Å². The number of hydrogen-bond donors (Lipinski definition) is 1. The van der Waals surface area contributed by atoms with Crippen molar-refractivity contribution >= 4 is 25.7 Å². The molecule has 0 amide bonds. The SMILES string of the molecule is NS(=O)(=O)c1ccc2c(c1)CCN2S(=O)(=O)c1ccc(F)c(F)c1F. The minimum Gasteiger partial charge on any atom is -0.266 e. The second-order valence-corrected chi connectivity index (χ2v) is 8.73. The minimum absolute atomic E-state index is 0.107. The van der Waals surface area contributed by atoms with E-state index in [9.17, 15) is 30.0 Å². The summed E-state index contributed by atoms with van der Waals surface area (Å²) in [6, 6.07) is 4.72. The Morgan fingerprint density at radius 1 is 0.960 bits per heavy atom. The van der Waals surface area contributed by atoms with E-state index >= 15 is 0 Å². The monoisotopic (exact) mass is 392 g/mol. The number of halogens is 3. The molecule has 2 N–H and O–H groups in total. The van der Waals surface area contributed by atoms with Crippen LogP contribution < -0.4 is 9.44 Å². The van der Waals surface area contributed by atoms with Crippen molar-refractivity contribution in [2.75, 3.05) is 10.8 Å². The highest BCUT2D eigenvalue weighted by atomic mass is 32.2. The predicted octanol–water partition coefficient (Wildman–Crippen LogP) is 1.50. The summed E-state index contributed by atoms with van der Waals surface area (Å²) in [5, 5.41) is 5.03. The van der Waals surface area contributed by atoms with Crippen LogP contribution in [0.25, 0.3) is 0 Å². The van der Waals surface area contributed by atoms with Gasteiger partial charge in [0.05, 0.1) is 10.6 Å². The molecular formula is C14H11F3N2O4S2. The fourth-order valence-corrected chi connectivity index (χ4v) is 4.73. The standard InChI is InChI=1S/C14H11F3N2O4S2/c15-10-2-4-12(14(17)13(10)16)25(22,23)19-6-5-8-7-9(24(18,20)21)1-3-11(8)19/h1-4,7H,5-6H2,(H2,18,20,21). The summed E-state index contributed by atoms with van der Waals surface area (Å²) in [4.78, 5) is -1.20. The average molecular weight is 392 g/mol. The van der Waals surface area contributed by atoms with Crippen LogP contribution in [-0.4, -0.2) is 23.4 Å². The van der Waals surface area contributed by atoms with Crippen molar-refractivity contribution in [3.63, 3.8) is 0 Å². The summed E-state index contributed by atoms with van der Waals surface area (Å²) >= 11 is 0. The van der Waals surface area contributed by atoms with Gasteiger partial charge in [0.2, 0.25) is 10.0 Å². The van der Waals surface area contributed by atoms with E-state index in [0.29, 0.717) is 17.7 Å². The van der Waals surface area contributed by atoms with E-state index in [1.54, 1.807) is 0 Å². The fourth-order valence-electron chi connectivity index (χ4n) is 2.60. The Morgan fingerprint density at radius 2 is 1.64 bits per heavy atom. The highest BCUT2D eigenvalue weighted by Gasteiger charge is 2.34. The zero-order valence-corrected chi connectivity index (χ0v) is 14.0. The molecule has 11 heteroatoms. The molecule has 2 aromatic rings. The molecule has 25 heavy (non-hydrogen) atoms. The molecule has 134 valence electrons. The van der Waals surface area contributed by atoms with Crippen LogP contribution >= 0.6 is 0 Å². The number of nitrogens with zero attached hydrogens (tertiary/aromatic N) is 1. The first-order valence-corrected chi connectivity index (χ1v) is 9.84. The van der Waals surface area contributed by atoms with E-state index in [1.807, 2.05) is 0 Å². The van der Waals surface area contributed by atoms with Gasteiger partial charge in [-0.25, -0.2) is 35.1 Å². The van der Waals surface area contributed by atoms with Crippen molar-refractivity contribution in [1.29, 1.82) is 0 Å². The number of fused-ring (bicyclic) bond motifs is 1. The van der Waals surface area contributed by atoms with Gasteiger partial charge in [-0.05, 0) is 42.3 Å². The molecule has 0 bridgehead atoms. The fraction of sp³-hybridized carbons (Fsp3) is 0.143. The Kier molecular flexibility index (Phi) is 4.05. The Labute approximate surface area is 141 Å². The maximum absolute atomic E-state index is 13.9. The van der Waals surface area contributed by atoms with Crippen LogP contribution in [0.4, 0.5) is 18.9 Å². The van der Waals surface area contributed by atoms with Gasteiger partial charge in [-0.1, -0.05) is 0 Å². The molecule has 1 aliphatic heterocycles. The van der Waals surface area contributed by atoms with E-state index in [4.69, 9.17) is 5.14 Å². The van der Waals surface area contributed by atoms with Crippen LogP contribution in [0, 0.1) is 17.5 Å². The molecular weight excluding hydrogens is 381 g/mol. The topological polar surface area (TPSA) is 97.5 Å². The molecule has 0 fully saturated rings. The van der Waals surface area contributed by atoms with Crippen molar-refractivity contribution < 1.29 is 30.0 Å². The maximum Gasteiger partial charge on any atom is 0.267 e. The van der Waals surface area contributed by atoms with Crippen molar-refractivity contribution in [3.8, 4) is 0 Å². The summed E-state index contributed by atoms with van der Waals surface area (Å²) in [5.74, 6) is -5.20. The highest BCUT2D eigenvalue weighted by molar-refractivity contribution is 7.92. The van der Waals surface area contributed by atoms with Gasteiger partial charge in [-0.15, -0.1) is 0 Å². The predicted molar refractivity (Wildman–Crippen MR) is 82.4 cm³/mol. The van der Waals surface area contributed by atoms with Crippen LogP contribution in [0.15, 0.2) is 40.1 Å². The van der Waals surface area contributed by atoms with Crippen LogP contribution in [0.1, 0.15) is 5.56 Å². The first-order chi connectivity index (χ1) is 11.5. The summed E-state index contributed by atoms with van der Waals surface area (Å²) in [7, 11) is -8.47. The van der Waals surface area contributed by atoms with Gasteiger partial charge in [-0.2, -0.15) is 0 Å². The van der Waals surface area contributed by atoms with Gasteiger partial charge in [0, 0.05) is 6.54 Å². The van der Waals surface area contributed by atoms with E-state index in [-0.39, 0.29) is 23.5 Å². The summed E-state index contributed by atoms with van der Waals surface area (Å²) < 4.78 is 89.1. The van der Waals surface area contributed by atoms with Gasteiger partial charge in [0.1, 0.15) is 4.90 Å². The largest absolute Gasteiger partial charge is 0.267 e. The first-order valence-electron chi connectivity index (χ1n) is 6.85. The van der Waals surface area contributed by atoms with Gasteiger partial charge in [0.15, 0.2) is 17.5 Å². The van der Waals surface area contributed by atoms with Crippen LogP contribution in [0.2, 0.25) is 0 Å². The van der Waals surface area contributed by atoms with Crippen molar-refractivity contribution in [2.24, 2.45) is 5.14 Å². The number of benzene rings is 2. The van der Waals surface area contributed by atoms with E-state index in [0.717, 1.165) is 10.4 Å². The van der Waals surface area contributed by atoms with Crippen LogP contribution in [-0.2, 0) is 26.5 Å². The maximum atomic E-state index is 13.9. The molecule has 3 rings (SSSR count). The highest BCUT2D eigenvalue weighted by Crippen LogP contribution is 2.35. The van der Waals surface area contributed by atoms with E-state index < -0.39 is 42.4 Å². The van der Waals surface area contributed by atoms with Gasteiger partial charge < -0.3 is 0 Å². The molecule has 0 saturated carbocycles. The van der Waals surface area contributed by atoms with Crippen molar-refractivity contribution in [3.05, 3.63) is 53.3 Å². The third-order valence-electron chi connectivity index (χ3n) is 3.80. The molecule has 0 unspecified atom stereocenters. The normalized spacial score (nSPS) is 14.6. The Morgan fingerprint density at radius 3 is 2.28 bits per heavy atom. The zero-order chi connectivity index (χ0) is 18.6. The molecule has 1 heterocycles. The van der Waals surface area contributed by atoms with Gasteiger partial charge >= 0.3 is 0 Å². The molecule has 6 nitrogen and oxygen atoms in total. The number of primary sulfonamides is 1. The Balaban J connectivity index is 2.10. The van der Waals surface area contributed by atoms with E-state index in [1.165, 1.54) is 12.1 Å². The lowest BCUT2D eigenvalue weighted by Gasteiger charge is -2.20. The summed E-state index contributed by atoms with van der Waals surface area (Å²) in [6.45, 7) is -0.107. The second-order valence-electron chi connectivity index (χ2n) is 5.34. The second kappa shape index (κ2) is 5.71. The molecule has 1 aliphatic rings. The van der Waals surface area contributed by atoms with Crippen molar-refractivity contribution in [2.45, 2.75) is 16.2 Å². The molecule has 0 aromatic heterocycles. The molecule has 0 radical (unpaired) electrons. The van der Waals surface area contributed by atoms with Crippen LogP contribution in [0.3, 0.4) is 0 Å². The molecule has 0 aliphatic carbocycles. The average Bonchev–Trinajstić information content (AvgIpc) is 2.95. The molecule has 2 aromatic carbocycles. The zero-order valence-electron chi connectivity index (χ0n) is 12.4. The third-order valence-corrected chi connectivity index (χ3v) is 6.54. The lowest BCUT2D eigenvalue weighted by atomic mass is 10.2. The lowest BCUT2D eigenvalue weighted by molar-refractivity contribution is 0.432. The smallest absolute Gasteiger partial charge is 0.266 e. The Bertz CT molecular complexity index is 1090. The minimum atomic E-state index is -4.50. The summed E-state index contributed by atoms with van der Waals surface area (Å²) in [6.07, 6.45) is 0.156. The number of sulfonamides is 2. The molecule has 0 spiro atoms. The van der Waals surface area contributed by atoms with Gasteiger partial charge in [-0.3, -0.25) is 4.31 Å². The first kappa shape index (κ1) is 17.7. The Hall–Kier alpha value is -2.11. The number of hydrogen-bond acceptors (Lipinski definition) is 4. The van der Waals surface area contributed by atoms with Crippen molar-refractivity contribution in [1.82, 2.24) is 0 Å². The number of anilines is 1. The molecule has 0 saturated heterocycles. The van der Waals surface area contributed by atoms with Gasteiger partial charge in [0.25, 0.3) is 10.0 Å². The number of rotatable bonds is 3.